The third kappa shape index (κ3) is 4.56. The number of halogens is 1. The Bertz CT molecular complexity index is 689. The number of aromatic nitrogens is 1. The van der Waals surface area contributed by atoms with Crippen molar-refractivity contribution in [3.63, 3.8) is 0 Å². The number of piperidine rings is 1. The molecule has 0 saturated carbocycles. The number of rotatable bonds is 5. The molecule has 0 aliphatic carbocycles. The van der Waals surface area contributed by atoms with Gasteiger partial charge in [0.05, 0.1) is 0 Å². The van der Waals surface area contributed by atoms with E-state index in [1.165, 1.54) is 51.0 Å². The fourth-order valence-corrected chi connectivity index (χ4v) is 4.19. The maximum Gasteiger partial charge on any atom is 0.124 e. The molecule has 2 aromatic rings. The van der Waals surface area contributed by atoms with Crippen LogP contribution in [0.15, 0.2) is 48.8 Å². The lowest BCUT2D eigenvalue weighted by molar-refractivity contribution is 0.192. The monoisotopic (exact) mass is 373 g/mol. The molecule has 0 atom stereocenters. The van der Waals surface area contributed by atoms with E-state index in [0.29, 0.717) is 12.0 Å². The molecule has 1 N–H and O–H groups in total. The van der Waals surface area contributed by atoms with Gasteiger partial charge in [0.15, 0.2) is 0 Å². The number of hydrogen-bond donors (Lipinski definition) is 1. The Balaban J connectivity index is 0.00000196. The second kappa shape index (κ2) is 8.85. The lowest BCUT2D eigenvalue weighted by atomic mass is 9.78. The van der Waals surface area contributed by atoms with Crippen LogP contribution in [0.4, 0.5) is 0 Å². The zero-order valence-electron chi connectivity index (χ0n) is 15.2. The van der Waals surface area contributed by atoms with Crippen molar-refractivity contribution in [2.24, 2.45) is 5.41 Å². The van der Waals surface area contributed by atoms with Gasteiger partial charge in [0.2, 0.25) is 0 Å². The predicted molar refractivity (Wildman–Crippen MR) is 107 cm³/mol. The van der Waals surface area contributed by atoms with Gasteiger partial charge in [-0.05, 0) is 56.4 Å². The van der Waals surface area contributed by atoms with Crippen LogP contribution in [-0.2, 0) is 13.2 Å². The van der Waals surface area contributed by atoms with Gasteiger partial charge >= 0.3 is 0 Å². The van der Waals surface area contributed by atoms with Crippen LogP contribution < -0.4 is 10.1 Å². The van der Waals surface area contributed by atoms with Gasteiger partial charge in [-0.25, -0.2) is 0 Å². The molecule has 0 radical (unpaired) electrons. The SMILES string of the molecule is Cl.c1cncc(COc2ccccc2CN2CCC3(CCNCC3)C2)c1. The molecule has 5 heteroatoms. The number of nitrogens with one attached hydrogen (secondary N) is 1. The van der Waals surface area contributed by atoms with Gasteiger partial charge in [-0.15, -0.1) is 12.4 Å². The molecule has 140 valence electrons. The van der Waals surface area contributed by atoms with Gasteiger partial charge in [-0.3, -0.25) is 9.88 Å². The van der Waals surface area contributed by atoms with Crippen LogP contribution in [0, 0.1) is 5.41 Å². The van der Waals surface area contributed by atoms with Gasteiger partial charge in [-0.2, -0.15) is 0 Å². The first-order valence-electron chi connectivity index (χ1n) is 9.36. The lowest BCUT2D eigenvalue weighted by Gasteiger charge is -2.34. The molecule has 2 aliphatic rings. The smallest absolute Gasteiger partial charge is 0.124 e. The molecule has 2 saturated heterocycles. The molecule has 2 aliphatic heterocycles. The molecule has 1 spiro atoms. The third-order valence-corrected chi connectivity index (χ3v) is 5.67. The number of hydrogen-bond acceptors (Lipinski definition) is 4. The zero-order valence-corrected chi connectivity index (χ0v) is 16.0. The molecule has 4 nitrogen and oxygen atoms in total. The van der Waals surface area contributed by atoms with Crippen LogP contribution in [0.5, 0.6) is 5.75 Å². The van der Waals surface area contributed by atoms with E-state index in [1.807, 2.05) is 12.3 Å². The lowest BCUT2D eigenvalue weighted by Crippen LogP contribution is -2.38. The van der Waals surface area contributed by atoms with Crippen LogP contribution in [0.2, 0.25) is 0 Å². The largest absolute Gasteiger partial charge is 0.489 e. The number of pyridine rings is 1. The highest BCUT2D eigenvalue weighted by Gasteiger charge is 2.38. The van der Waals surface area contributed by atoms with E-state index < -0.39 is 0 Å². The topological polar surface area (TPSA) is 37.4 Å². The second-order valence-electron chi connectivity index (χ2n) is 7.47. The van der Waals surface area contributed by atoms with Crippen molar-refractivity contribution in [2.45, 2.75) is 32.4 Å². The molecule has 2 fully saturated rings. The van der Waals surface area contributed by atoms with Gasteiger partial charge in [-0.1, -0.05) is 24.3 Å². The molecule has 0 amide bonds. The van der Waals surface area contributed by atoms with E-state index in [-0.39, 0.29) is 12.4 Å². The molecule has 3 heterocycles. The van der Waals surface area contributed by atoms with Crippen molar-refractivity contribution in [3.8, 4) is 5.75 Å². The summed E-state index contributed by atoms with van der Waals surface area (Å²) in [6.07, 6.45) is 7.64. The Morgan fingerprint density at radius 3 is 2.73 bits per heavy atom. The molecule has 4 rings (SSSR count). The second-order valence-corrected chi connectivity index (χ2v) is 7.47. The van der Waals surface area contributed by atoms with E-state index in [0.717, 1.165) is 17.9 Å². The van der Waals surface area contributed by atoms with E-state index in [1.54, 1.807) is 6.20 Å². The van der Waals surface area contributed by atoms with Crippen molar-refractivity contribution in [2.75, 3.05) is 26.2 Å². The van der Waals surface area contributed by atoms with Crippen LogP contribution in [0.3, 0.4) is 0 Å². The minimum absolute atomic E-state index is 0. The molecular formula is C21H28ClN3O. The maximum atomic E-state index is 6.09. The predicted octanol–water partition coefficient (Wildman–Crippen LogP) is 3.66. The molecule has 1 aromatic heterocycles. The first kappa shape index (κ1) is 19.2. The number of benzene rings is 1. The summed E-state index contributed by atoms with van der Waals surface area (Å²) in [6, 6.07) is 12.5. The Labute approximate surface area is 162 Å². The minimum Gasteiger partial charge on any atom is -0.489 e. The summed E-state index contributed by atoms with van der Waals surface area (Å²) in [6.45, 7) is 6.35. The van der Waals surface area contributed by atoms with Crippen LogP contribution >= 0.6 is 12.4 Å². The van der Waals surface area contributed by atoms with Crippen molar-refractivity contribution < 1.29 is 4.74 Å². The fourth-order valence-electron chi connectivity index (χ4n) is 4.19. The first-order valence-corrected chi connectivity index (χ1v) is 9.36. The van der Waals surface area contributed by atoms with Gasteiger partial charge in [0.25, 0.3) is 0 Å². The quantitative estimate of drug-likeness (QED) is 0.867. The number of nitrogens with zero attached hydrogens (tertiary/aromatic N) is 2. The first-order chi connectivity index (χ1) is 12.3. The Kier molecular flexibility index (Phi) is 6.52. The summed E-state index contributed by atoms with van der Waals surface area (Å²) in [4.78, 5) is 6.77. The minimum atomic E-state index is 0. The van der Waals surface area contributed by atoms with Gasteiger partial charge in [0, 0.05) is 36.6 Å². The fraction of sp³-hybridized carbons (Fsp3) is 0.476. The molecule has 0 unspecified atom stereocenters. The summed E-state index contributed by atoms with van der Waals surface area (Å²) in [5, 5.41) is 3.50. The van der Waals surface area contributed by atoms with E-state index >= 15 is 0 Å². The number of para-hydroxylation sites is 1. The van der Waals surface area contributed by atoms with E-state index in [9.17, 15) is 0 Å². The molecular weight excluding hydrogens is 346 g/mol. The number of likely N-dealkylation sites (tertiary alicyclic amines) is 1. The van der Waals surface area contributed by atoms with Gasteiger partial charge in [0.1, 0.15) is 12.4 Å². The summed E-state index contributed by atoms with van der Waals surface area (Å²) in [5.74, 6) is 0.998. The van der Waals surface area contributed by atoms with Gasteiger partial charge < -0.3 is 10.1 Å². The maximum absolute atomic E-state index is 6.09. The Hall–Kier alpha value is -1.62. The number of ether oxygens (including phenoxy) is 1. The summed E-state index contributed by atoms with van der Waals surface area (Å²) < 4.78 is 6.09. The molecule has 26 heavy (non-hydrogen) atoms. The van der Waals surface area contributed by atoms with E-state index in [4.69, 9.17) is 4.74 Å². The highest BCUT2D eigenvalue weighted by Crippen LogP contribution is 2.39. The zero-order chi connectivity index (χ0) is 17.0. The van der Waals surface area contributed by atoms with Crippen molar-refractivity contribution >= 4 is 12.4 Å². The van der Waals surface area contributed by atoms with Crippen LogP contribution in [0.1, 0.15) is 30.4 Å². The standard InChI is InChI=1S/C21H27N3O.ClH/c1-2-6-20(25-16-18-4-3-10-23-14-18)19(5-1)15-24-13-9-21(17-24)7-11-22-12-8-21;/h1-6,10,14,22H,7-9,11-13,15-17H2;1H. The summed E-state index contributed by atoms with van der Waals surface area (Å²) in [7, 11) is 0. The molecule has 1 aromatic carbocycles. The Morgan fingerprint density at radius 1 is 1.08 bits per heavy atom. The highest BCUT2D eigenvalue weighted by atomic mass is 35.5. The van der Waals surface area contributed by atoms with Crippen molar-refractivity contribution in [1.29, 1.82) is 0 Å². The van der Waals surface area contributed by atoms with Crippen LogP contribution in [-0.4, -0.2) is 36.1 Å². The summed E-state index contributed by atoms with van der Waals surface area (Å²) in [5.41, 5.74) is 2.95. The Morgan fingerprint density at radius 2 is 1.92 bits per heavy atom. The summed E-state index contributed by atoms with van der Waals surface area (Å²) >= 11 is 0. The highest BCUT2D eigenvalue weighted by molar-refractivity contribution is 5.85. The van der Waals surface area contributed by atoms with Crippen LogP contribution in [0.25, 0.3) is 0 Å². The van der Waals surface area contributed by atoms with Crippen molar-refractivity contribution in [1.82, 2.24) is 15.2 Å². The van der Waals surface area contributed by atoms with E-state index in [2.05, 4.69) is 45.5 Å². The average molecular weight is 374 g/mol. The van der Waals surface area contributed by atoms with Crippen molar-refractivity contribution in [3.05, 3.63) is 59.9 Å². The normalized spacial score (nSPS) is 19.2. The average Bonchev–Trinajstić information content (AvgIpc) is 3.04. The molecule has 0 bridgehead atoms. The third-order valence-electron chi connectivity index (χ3n) is 5.67.